The van der Waals surface area contributed by atoms with Crippen molar-refractivity contribution in [3.8, 4) is 0 Å². The number of rotatable bonds is 2. The maximum atomic E-state index is 12.4. The van der Waals surface area contributed by atoms with Crippen LogP contribution in [0.4, 0.5) is 0 Å². The van der Waals surface area contributed by atoms with Crippen LogP contribution in [0.2, 0.25) is 0 Å². The highest BCUT2D eigenvalue weighted by molar-refractivity contribution is 5.89. The largest absolute Gasteiger partial charge is 0.455 e. The Morgan fingerprint density at radius 2 is 1.41 bits per heavy atom. The lowest BCUT2D eigenvalue weighted by molar-refractivity contribution is -0.131. The summed E-state index contributed by atoms with van der Waals surface area (Å²) in [7, 11) is 0. The monoisotopic (exact) mass is 300 g/mol. The van der Waals surface area contributed by atoms with Gasteiger partial charge in [-0.3, -0.25) is 0 Å². The van der Waals surface area contributed by atoms with Crippen LogP contribution in [0.25, 0.3) is 0 Å². The number of hydrogen-bond donors (Lipinski definition) is 0. The van der Waals surface area contributed by atoms with Crippen LogP contribution in [-0.4, -0.2) is 11.6 Å². The zero-order chi connectivity index (χ0) is 15.7. The third-order valence-corrected chi connectivity index (χ3v) is 5.58. The predicted molar refractivity (Wildman–Crippen MR) is 88.8 cm³/mol. The summed E-state index contributed by atoms with van der Waals surface area (Å²) in [6, 6.07) is 7.74. The molecule has 0 atom stereocenters. The molecule has 4 saturated carbocycles. The van der Waals surface area contributed by atoms with Crippen molar-refractivity contribution in [1.82, 2.24) is 0 Å². The maximum absolute atomic E-state index is 12.4. The molecule has 120 valence electrons. The molecule has 0 N–H and O–H groups in total. The molecular weight excluding hydrogens is 272 g/mol. The van der Waals surface area contributed by atoms with Crippen molar-refractivity contribution in [1.29, 1.82) is 0 Å². The number of ether oxygens (including phenoxy) is 1. The average Bonchev–Trinajstić information content (AvgIpc) is 2.48. The molecule has 0 amide bonds. The first-order chi connectivity index (χ1) is 10.6. The number of carbonyl (C=O) groups is 1. The van der Waals surface area contributed by atoms with Gasteiger partial charge in [-0.25, -0.2) is 4.79 Å². The van der Waals surface area contributed by atoms with E-state index in [1.54, 1.807) is 0 Å². The van der Waals surface area contributed by atoms with E-state index in [0.717, 1.165) is 37.0 Å². The van der Waals surface area contributed by atoms with Gasteiger partial charge in [0.2, 0.25) is 0 Å². The first kappa shape index (κ1) is 15.6. The van der Waals surface area contributed by atoms with Gasteiger partial charge in [0.15, 0.2) is 0 Å². The summed E-state index contributed by atoms with van der Waals surface area (Å²) in [5.74, 6) is 2.32. The van der Waals surface area contributed by atoms with Crippen molar-refractivity contribution >= 4 is 5.97 Å². The van der Waals surface area contributed by atoms with Crippen molar-refractivity contribution in [2.75, 3.05) is 0 Å². The van der Waals surface area contributed by atoms with Crippen LogP contribution in [0.1, 0.15) is 68.3 Å². The molecule has 0 aliphatic heterocycles. The minimum Gasteiger partial charge on any atom is -0.455 e. The molecule has 0 radical (unpaired) electrons. The number of carbonyl (C=O) groups excluding carboxylic acids is 1. The molecule has 0 spiro atoms. The third kappa shape index (κ3) is 2.93. The number of esters is 1. The molecular formula is C20H28O2. The van der Waals surface area contributed by atoms with E-state index in [4.69, 9.17) is 4.74 Å². The molecule has 0 saturated heterocycles. The van der Waals surface area contributed by atoms with Gasteiger partial charge in [0, 0.05) is 0 Å². The molecule has 1 aromatic rings. The Hall–Kier alpha value is -1.31. The lowest BCUT2D eigenvalue weighted by Gasteiger charge is -2.55. The topological polar surface area (TPSA) is 26.3 Å². The molecule has 4 aliphatic carbocycles. The quantitative estimate of drug-likeness (QED) is 0.706. The minimum atomic E-state index is -0.128. The zero-order valence-corrected chi connectivity index (χ0v) is 14.1. The van der Waals surface area contributed by atoms with E-state index in [1.165, 1.54) is 24.8 Å². The van der Waals surface area contributed by atoms with Crippen LogP contribution in [0.15, 0.2) is 24.3 Å². The van der Waals surface area contributed by atoms with Crippen LogP contribution in [0.3, 0.4) is 0 Å². The van der Waals surface area contributed by atoms with Gasteiger partial charge in [-0.05, 0) is 75.3 Å². The molecule has 4 bridgehead atoms. The Morgan fingerprint density at radius 1 is 0.955 bits per heavy atom. The summed E-state index contributed by atoms with van der Waals surface area (Å²) < 4.78 is 6.04. The van der Waals surface area contributed by atoms with E-state index >= 15 is 0 Å². The van der Waals surface area contributed by atoms with Gasteiger partial charge < -0.3 is 4.74 Å². The van der Waals surface area contributed by atoms with Gasteiger partial charge in [0.25, 0.3) is 0 Å². The molecule has 1 aromatic carbocycles. The van der Waals surface area contributed by atoms with Crippen molar-refractivity contribution in [2.45, 2.75) is 64.9 Å². The lowest BCUT2D eigenvalue weighted by Crippen LogP contribution is -2.52. The second-order valence-electron chi connectivity index (χ2n) is 7.36. The maximum Gasteiger partial charge on any atom is 0.338 e. The standard InChI is InChI=1S/C18H22O2.C2H6/c1-12-2-4-16(5-3-12)17(19)20-18-9-13-6-14(10-18)8-15(7-13)11-18;1-2/h2-5,13-15H,6-11H2,1H3;1-2H3. The van der Waals surface area contributed by atoms with Gasteiger partial charge >= 0.3 is 5.97 Å². The molecule has 2 nitrogen and oxygen atoms in total. The van der Waals surface area contributed by atoms with Crippen LogP contribution >= 0.6 is 0 Å². The summed E-state index contributed by atoms with van der Waals surface area (Å²) in [4.78, 5) is 12.4. The van der Waals surface area contributed by atoms with Gasteiger partial charge in [0.1, 0.15) is 5.60 Å². The molecule has 0 heterocycles. The van der Waals surface area contributed by atoms with Crippen LogP contribution in [0, 0.1) is 24.7 Å². The number of benzene rings is 1. The van der Waals surface area contributed by atoms with E-state index in [-0.39, 0.29) is 11.6 Å². The average molecular weight is 300 g/mol. The van der Waals surface area contributed by atoms with Crippen molar-refractivity contribution < 1.29 is 9.53 Å². The predicted octanol–water partition coefficient (Wildman–Crippen LogP) is 5.15. The second-order valence-corrected chi connectivity index (χ2v) is 7.36. The van der Waals surface area contributed by atoms with Gasteiger partial charge in [-0.1, -0.05) is 31.5 Å². The van der Waals surface area contributed by atoms with Crippen LogP contribution < -0.4 is 0 Å². The van der Waals surface area contributed by atoms with Crippen molar-refractivity contribution in [2.24, 2.45) is 17.8 Å². The number of aryl methyl sites for hydroxylation is 1. The Bertz CT molecular complexity index is 494. The Kier molecular flexibility index (Phi) is 4.29. The number of hydrogen-bond acceptors (Lipinski definition) is 2. The highest BCUT2D eigenvalue weighted by Gasteiger charge is 2.53. The van der Waals surface area contributed by atoms with Gasteiger partial charge in [-0.15, -0.1) is 0 Å². The molecule has 22 heavy (non-hydrogen) atoms. The summed E-state index contributed by atoms with van der Waals surface area (Å²) in [6.07, 6.45) is 7.45. The Labute approximate surface area is 134 Å². The zero-order valence-electron chi connectivity index (χ0n) is 14.1. The normalized spacial score (nSPS) is 34.8. The Balaban J connectivity index is 0.000000693. The van der Waals surface area contributed by atoms with Crippen molar-refractivity contribution in [3.63, 3.8) is 0 Å². The molecule has 4 aliphatic rings. The summed E-state index contributed by atoms with van der Waals surface area (Å²) in [5.41, 5.74) is 1.75. The molecule has 0 unspecified atom stereocenters. The van der Waals surface area contributed by atoms with Crippen molar-refractivity contribution in [3.05, 3.63) is 35.4 Å². The van der Waals surface area contributed by atoms with Crippen LogP contribution in [0.5, 0.6) is 0 Å². The fraction of sp³-hybridized carbons (Fsp3) is 0.650. The highest BCUT2D eigenvalue weighted by Crippen LogP contribution is 2.57. The first-order valence-corrected chi connectivity index (χ1v) is 8.92. The Morgan fingerprint density at radius 3 is 1.86 bits per heavy atom. The van der Waals surface area contributed by atoms with E-state index in [9.17, 15) is 4.79 Å². The smallest absolute Gasteiger partial charge is 0.338 e. The highest BCUT2D eigenvalue weighted by atomic mass is 16.6. The van der Waals surface area contributed by atoms with Crippen LogP contribution in [-0.2, 0) is 4.74 Å². The van der Waals surface area contributed by atoms with Gasteiger partial charge in [-0.2, -0.15) is 0 Å². The van der Waals surface area contributed by atoms with E-state index in [1.807, 2.05) is 45.0 Å². The molecule has 0 aromatic heterocycles. The SMILES string of the molecule is CC.Cc1ccc(C(=O)OC23CC4CC(CC(C4)C2)C3)cc1. The third-order valence-electron chi connectivity index (χ3n) is 5.58. The van der Waals surface area contributed by atoms with E-state index < -0.39 is 0 Å². The summed E-state index contributed by atoms with van der Waals surface area (Å²) >= 11 is 0. The molecule has 4 fully saturated rings. The lowest BCUT2D eigenvalue weighted by atomic mass is 9.54. The van der Waals surface area contributed by atoms with E-state index in [0.29, 0.717) is 5.56 Å². The fourth-order valence-electron chi connectivity index (χ4n) is 5.10. The van der Waals surface area contributed by atoms with Gasteiger partial charge in [0.05, 0.1) is 5.56 Å². The summed E-state index contributed by atoms with van der Waals surface area (Å²) in [6.45, 7) is 6.04. The minimum absolute atomic E-state index is 0.119. The fourth-order valence-corrected chi connectivity index (χ4v) is 5.10. The molecule has 5 rings (SSSR count). The summed E-state index contributed by atoms with van der Waals surface area (Å²) in [5, 5.41) is 0. The second kappa shape index (κ2) is 6.06. The molecule has 2 heteroatoms. The van der Waals surface area contributed by atoms with E-state index in [2.05, 4.69) is 0 Å². The first-order valence-electron chi connectivity index (χ1n) is 8.92.